The Morgan fingerprint density at radius 2 is 2.05 bits per heavy atom. The normalized spacial score (nSPS) is 17.1. The van der Waals surface area contributed by atoms with Gasteiger partial charge >= 0.3 is 0 Å². The van der Waals surface area contributed by atoms with Gasteiger partial charge in [0.2, 0.25) is 0 Å². The first-order valence-corrected chi connectivity index (χ1v) is 7.16. The second kappa shape index (κ2) is 5.62. The van der Waals surface area contributed by atoms with Gasteiger partial charge < -0.3 is 10.2 Å². The molecule has 1 saturated heterocycles. The largest absolute Gasteiger partial charge is 0.348 e. The Bertz CT molecular complexity index is 654. The molecule has 0 radical (unpaired) electrons. The first kappa shape index (κ1) is 14.3. The van der Waals surface area contributed by atoms with Crippen molar-refractivity contribution in [2.45, 2.75) is 25.9 Å². The molecule has 1 aromatic heterocycles. The Balaban J connectivity index is 0.00000132. The molecule has 0 unspecified atom stereocenters. The van der Waals surface area contributed by atoms with Crippen molar-refractivity contribution in [2.24, 2.45) is 0 Å². The van der Waals surface area contributed by atoms with E-state index in [0.717, 1.165) is 32.0 Å². The van der Waals surface area contributed by atoms with E-state index in [2.05, 4.69) is 51.4 Å². The molecule has 0 bridgehead atoms. The molecule has 4 rings (SSSR count). The van der Waals surface area contributed by atoms with Crippen LogP contribution in [0.5, 0.6) is 0 Å². The number of fused-ring (bicyclic) bond motifs is 1. The van der Waals surface area contributed by atoms with Crippen molar-refractivity contribution in [3.05, 3.63) is 53.0 Å². The molecular formula is C16H19ClN4. The molecule has 1 aromatic carbocycles. The SMILES string of the molecule is Cc1cccc2c1CN(c1cc(C3CNC3)ncn1)C2.Cl. The van der Waals surface area contributed by atoms with E-state index in [0.29, 0.717) is 5.92 Å². The number of aryl methyl sites for hydroxylation is 1. The topological polar surface area (TPSA) is 41.0 Å². The summed E-state index contributed by atoms with van der Waals surface area (Å²) in [6, 6.07) is 8.71. The molecular weight excluding hydrogens is 284 g/mol. The average Bonchev–Trinajstić information content (AvgIpc) is 2.83. The molecule has 0 spiro atoms. The maximum absolute atomic E-state index is 4.47. The number of nitrogens with zero attached hydrogens (tertiary/aromatic N) is 3. The third-order valence-corrected chi connectivity index (χ3v) is 4.41. The lowest BCUT2D eigenvalue weighted by atomic mass is 9.99. The van der Waals surface area contributed by atoms with Gasteiger partial charge in [0.25, 0.3) is 0 Å². The van der Waals surface area contributed by atoms with Crippen molar-refractivity contribution >= 4 is 18.2 Å². The standard InChI is InChI=1S/C16H18N4.ClH/c1-11-3-2-4-12-8-20(9-14(11)12)16-5-15(18-10-19-16)13-6-17-7-13;/h2-5,10,13,17H,6-9H2,1H3;1H. The molecule has 0 aliphatic carbocycles. The number of anilines is 1. The Kier molecular flexibility index (Phi) is 3.83. The Hall–Kier alpha value is -1.65. The van der Waals surface area contributed by atoms with E-state index in [1.807, 2.05) is 0 Å². The fourth-order valence-electron chi connectivity index (χ4n) is 3.01. The minimum atomic E-state index is 0. The lowest BCUT2D eigenvalue weighted by molar-refractivity contribution is 0.439. The van der Waals surface area contributed by atoms with Gasteiger partial charge in [0.1, 0.15) is 12.1 Å². The lowest BCUT2D eigenvalue weighted by Gasteiger charge is -2.27. The summed E-state index contributed by atoms with van der Waals surface area (Å²) in [5.41, 5.74) is 5.43. The van der Waals surface area contributed by atoms with E-state index < -0.39 is 0 Å². The van der Waals surface area contributed by atoms with Crippen LogP contribution < -0.4 is 10.2 Å². The molecule has 2 aliphatic rings. The molecule has 5 heteroatoms. The van der Waals surface area contributed by atoms with Gasteiger partial charge in [-0.15, -0.1) is 12.4 Å². The van der Waals surface area contributed by atoms with Gasteiger partial charge in [0, 0.05) is 38.2 Å². The first-order chi connectivity index (χ1) is 9.81. The highest BCUT2D eigenvalue weighted by Crippen LogP contribution is 2.30. The molecule has 21 heavy (non-hydrogen) atoms. The zero-order valence-electron chi connectivity index (χ0n) is 12.0. The highest BCUT2D eigenvalue weighted by molar-refractivity contribution is 5.85. The number of halogens is 1. The van der Waals surface area contributed by atoms with Crippen molar-refractivity contribution < 1.29 is 0 Å². The van der Waals surface area contributed by atoms with E-state index in [1.54, 1.807) is 6.33 Å². The summed E-state index contributed by atoms with van der Waals surface area (Å²) in [7, 11) is 0. The zero-order chi connectivity index (χ0) is 13.5. The van der Waals surface area contributed by atoms with E-state index >= 15 is 0 Å². The smallest absolute Gasteiger partial charge is 0.132 e. The fraction of sp³-hybridized carbons (Fsp3) is 0.375. The minimum absolute atomic E-state index is 0. The summed E-state index contributed by atoms with van der Waals surface area (Å²) in [4.78, 5) is 11.2. The predicted octanol–water partition coefficient (Wildman–Crippen LogP) is 2.41. The molecule has 110 valence electrons. The van der Waals surface area contributed by atoms with Crippen molar-refractivity contribution in [1.82, 2.24) is 15.3 Å². The lowest BCUT2D eigenvalue weighted by Crippen LogP contribution is -2.40. The van der Waals surface area contributed by atoms with E-state index in [-0.39, 0.29) is 12.4 Å². The summed E-state index contributed by atoms with van der Waals surface area (Å²) in [6.07, 6.45) is 1.71. The Morgan fingerprint density at radius 3 is 2.76 bits per heavy atom. The predicted molar refractivity (Wildman–Crippen MR) is 86.0 cm³/mol. The van der Waals surface area contributed by atoms with Crippen molar-refractivity contribution in [1.29, 1.82) is 0 Å². The molecule has 2 aliphatic heterocycles. The first-order valence-electron chi connectivity index (χ1n) is 7.16. The molecule has 3 heterocycles. The van der Waals surface area contributed by atoms with Gasteiger partial charge in [-0.25, -0.2) is 9.97 Å². The second-order valence-electron chi connectivity index (χ2n) is 5.72. The maximum atomic E-state index is 4.47. The van der Waals surface area contributed by atoms with Crippen LogP contribution in [0.3, 0.4) is 0 Å². The van der Waals surface area contributed by atoms with Crippen LogP contribution in [0.2, 0.25) is 0 Å². The summed E-state index contributed by atoms with van der Waals surface area (Å²) in [5.74, 6) is 1.61. The summed E-state index contributed by atoms with van der Waals surface area (Å²) >= 11 is 0. The number of aromatic nitrogens is 2. The number of benzene rings is 1. The van der Waals surface area contributed by atoms with Crippen LogP contribution >= 0.6 is 12.4 Å². The molecule has 1 N–H and O–H groups in total. The van der Waals surface area contributed by atoms with E-state index in [4.69, 9.17) is 0 Å². The van der Waals surface area contributed by atoms with Crippen LogP contribution in [-0.2, 0) is 13.1 Å². The number of hydrogen-bond donors (Lipinski definition) is 1. The van der Waals surface area contributed by atoms with Gasteiger partial charge in [0.15, 0.2) is 0 Å². The number of nitrogens with one attached hydrogen (secondary N) is 1. The summed E-state index contributed by atoms with van der Waals surface area (Å²) < 4.78 is 0. The maximum Gasteiger partial charge on any atom is 0.132 e. The quantitative estimate of drug-likeness (QED) is 0.925. The summed E-state index contributed by atoms with van der Waals surface area (Å²) in [5, 5.41) is 3.30. The van der Waals surface area contributed by atoms with Crippen LogP contribution in [0.15, 0.2) is 30.6 Å². The molecule has 0 saturated carbocycles. The van der Waals surface area contributed by atoms with Crippen LogP contribution in [0.1, 0.15) is 28.3 Å². The van der Waals surface area contributed by atoms with Crippen LogP contribution in [-0.4, -0.2) is 23.1 Å². The third-order valence-electron chi connectivity index (χ3n) is 4.41. The van der Waals surface area contributed by atoms with Crippen molar-refractivity contribution in [3.63, 3.8) is 0 Å². The van der Waals surface area contributed by atoms with Crippen LogP contribution in [0, 0.1) is 6.92 Å². The zero-order valence-corrected chi connectivity index (χ0v) is 12.9. The van der Waals surface area contributed by atoms with Gasteiger partial charge in [0.05, 0.1) is 5.69 Å². The second-order valence-corrected chi connectivity index (χ2v) is 5.72. The highest BCUT2D eigenvalue weighted by atomic mass is 35.5. The molecule has 0 atom stereocenters. The minimum Gasteiger partial charge on any atom is -0.348 e. The highest BCUT2D eigenvalue weighted by Gasteiger charge is 2.24. The van der Waals surface area contributed by atoms with E-state index in [9.17, 15) is 0 Å². The molecule has 1 fully saturated rings. The molecule has 0 amide bonds. The number of hydrogen-bond acceptors (Lipinski definition) is 4. The molecule has 2 aromatic rings. The number of rotatable bonds is 2. The van der Waals surface area contributed by atoms with E-state index in [1.165, 1.54) is 22.4 Å². The third kappa shape index (κ3) is 2.49. The van der Waals surface area contributed by atoms with Gasteiger partial charge in [-0.3, -0.25) is 0 Å². The van der Waals surface area contributed by atoms with Crippen LogP contribution in [0.4, 0.5) is 5.82 Å². The fourth-order valence-corrected chi connectivity index (χ4v) is 3.01. The summed E-state index contributed by atoms with van der Waals surface area (Å²) in [6.45, 7) is 6.18. The average molecular weight is 303 g/mol. The van der Waals surface area contributed by atoms with Gasteiger partial charge in [-0.05, 0) is 23.6 Å². The molecule has 4 nitrogen and oxygen atoms in total. The van der Waals surface area contributed by atoms with Crippen molar-refractivity contribution in [2.75, 3.05) is 18.0 Å². The monoisotopic (exact) mass is 302 g/mol. The van der Waals surface area contributed by atoms with Crippen molar-refractivity contribution in [3.8, 4) is 0 Å². The van der Waals surface area contributed by atoms with Crippen LogP contribution in [0.25, 0.3) is 0 Å². The Labute approximate surface area is 131 Å². The Morgan fingerprint density at radius 1 is 1.19 bits per heavy atom. The van der Waals surface area contributed by atoms with Gasteiger partial charge in [-0.1, -0.05) is 18.2 Å². The van der Waals surface area contributed by atoms with Gasteiger partial charge in [-0.2, -0.15) is 0 Å².